The average molecular weight is 365 g/mol. The molecule has 7 nitrogen and oxygen atoms in total. The molecule has 4 rings (SSSR count). The molecule has 0 unspecified atom stereocenters. The predicted molar refractivity (Wildman–Crippen MR) is 104 cm³/mol. The smallest absolute Gasteiger partial charge is 0.275 e. The van der Waals surface area contributed by atoms with E-state index in [2.05, 4.69) is 15.5 Å². The second-order valence-electron chi connectivity index (χ2n) is 7.09. The summed E-state index contributed by atoms with van der Waals surface area (Å²) in [6, 6.07) is 9.45. The second kappa shape index (κ2) is 7.34. The van der Waals surface area contributed by atoms with Gasteiger partial charge in [0.2, 0.25) is 5.91 Å². The third kappa shape index (κ3) is 3.49. The van der Waals surface area contributed by atoms with E-state index in [1.54, 1.807) is 18.3 Å². The number of nitrogens with one attached hydrogen (secondary N) is 1. The molecule has 2 aromatic heterocycles. The number of aromatic nitrogens is 4. The highest BCUT2D eigenvalue weighted by molar-refractivity contribution is 5.90. The van der Waals surface area contributed by atoms with E-state index in [1.807, 2.05) is 29.8 Å². The van der Waals surface area contributed by atoms with Crippen molar-refractivity contribution in [1.29, 1.82) is 0 Å². The van der Waals surface area contributed by atoms with Gasteiger partial charge in [-0.05, 0) is 25.8 Å². The first-order valence-corrected chi connectivity index (χ1v) is 9.43. The van der Waals surface area contributed by atoms with E-state index < -0.39 is 0 Å². The molecule has 1 fully saturated rings. The summed E-state index contributed by atoms with van der Waals surface area (Å²) in [5.74, 6) is 0.398. The minimum Gasteiger partial charge on any atom is -0.309 e. The highest BCUT2D eigenvalue weighted by Crippen LogP contribution is 2.29. The van der Waals surface area contributed by atoms with Gasteiger partial charge in [0.25, 0.3) is 5.56 Å². The fraction of sp³-hybridized carbons (Fsp3) is 0.400. The first kappa shape index (κ1) is 17.5. The number of carbonyl (C=O) groups is 1. The van der Waals surface area contributed by atoms with Crippen molar-refractivity contribution in [1.82, 2.24) is 19.6 Å². The molecular formula is C20H23N5O2. The van der Waals surface area contributed by atoms with Gasteiger partial charge in [0.1, 0.15) is 12.4 Å². The van der Waals surface area contributed by atoms with Crippen LogP contribution < -0.4 is 10.9 Å². The topological polar surface area (TPSA) is 81.8 Å². The number of benzene rings is 1. The fourth-order valence-corrected chi connectivity index (χ4v) is 3.86. The summed E-state index contributed by atoms with van der Waals surface area (Å²) >= 11 is 0. The molecule has 1 saturated carbocycles. The van der Waals surface area contributed by atoms with Crippen molar-refractivity contribution < 1.29 is 4.79 Å². The quantitative estimate of drug-likeness (QED) is 0.770. The maximum atomic E-state index is 12.6. The van der Waals surface area contributed by atoms with Gasteiger partial charge in [0.15, 0.2) is 0 Å². The molecule has 0 atom stereocenters. The number of amides is 1. The molecule has 27 heavy (non-hydrogen) atoms. The lowest BCUT2D eigenvalue weighted by molar-refractivity contribution is -0.117. The second-order valence-corrected chi connectivity index (χ2v) is 7.09. The maximum absolute atomic E-state index is 12.6. The predicted octanol–water partition coefficient (Wildman–Crippen LogP) is 3.05. The highest BCUT2D eigenvalue weighted by Gasteiger charge is 2.19. The van der Waals surface area contributed by atoms with Gasteiger partial charge in [-0.15, -0.1) is 0 Å². The molecule has 0 bridgehead atoms. The number of aryl methyl sites for hydroxylation is 1. The Kier molecular flexibility index (Phi) is 4.75. The Labute approximate surface area is 157 Å². The highest BCUT2D eigenvalue weighted by atomic mass is 16.2. The zero-order chi connectivity index (χ0) is 18.8. The summed E-state index contributed by atoms with van der Waals surface area (Å²) < 4.78 is 3.13. The number of anilines is 1. The van der Waals surface area contributed by atoms with Gasteiger partial charge < -0.3 is 5.32 Å². The van der Waals surface area contributed by atoms with E-state index >= 15 is 0 Å². The van der Waals surface area contributed by atoms with Gasteiger partial charge in [-0.3, -0.25) is 9.59 Å². The fourth-order valence-electron chi connectivity index (χ4n) is 3.86. The summed E-state index contributed by atoms with van der Waals surface area (Å²) in [4.78, 5) is 25.2. The summed E-state index contributed by atoms with van der Waals surface area (Å²) in [5.41, 5.74) is 0.470. The standard InChI is InChI=1S/C20H23N5O2/c1-14-16-9-5-6-10-17(16)20(27)24(23-14)13-19(26)22-18-11-12-21-25(18)15-7-3-2-4-8-15/h5-6,9-12,15H,2-4,7-8,13H2,1H3,(H,22,26). The third-order valence-electron chi connectivity index (χ3n) is 5.20. The Morgan fingerprint density at radius 2 is 1.89 bits per heavy atom. The van der Waals surface area contributed by atoms with Crippen LogP contribution in [-0.2, 0) is 11.3 Å². The molecule has 1 N–H and O–H groups in total. The summed E-state index contributed by atoms with van der Waals surface area (Å²) in [6.07, 6.45) is 7.50. The summed E-state index contributed by atoms with van der Waals surface area (Å²) in [5, 5.41) is 13.0. The molecule has 0 aliphatic heterocycles. The van der Waals surface area contributed by atoms with Crippen LogP contribution in [0.1, 0.15) is 43.8 Å². The Balaban J connectivity index is 1.54. The van der Waals surface area contributed by atoms with E-state index in [1.165, 1.54) is 23.9 Å². The molecule has 2 heterocycles. The van der Waals surface area contributed by atoms with Crippen LogP contribution in [0.5, 0.6) is 0 Å². The molecule has 0 spiro atoms. The largest absolute Gasteiger partial charge is 0.309 e. The van der Waals surface area contributed by atoms with Crippen molar-refractivity contribution >= 4 is 22.5 Å². The Morgan fingerprint density at radius 3 is 2.67 bits per heavy atom. The van der Waals surface area contributed by atoms with Crippen LogP contribution in [0.25, 0.3) is 10.8 Å². The van der Waals surface area contributed by atoms with E-state index in [4.69, 9.17) is 0 Å². The lowest BCUT2D eigenvalue weighted by Gasteiger charge is -2.23. The van der Waals surface area contributed by atoms with Gasteiger partial charge in [-0.2, -0.15) is 10.2 Å². The molecule has 7 heteroatoms. The van der Waals surface area contributed by atoms with Gasteiger partial charge in [0, 0.05) is 11.5 Å². The lowest BCUT2D eigenvalue weighted by atomic mass is 9.96. The Bertz CT molecular complexity index is 1030. The van der Waals surface area contributed by atoms with Gasteiger partial charge >= 0.3 is 0 Å². The van der Waals surface area contributed by atoms with Crippen molar-refractivity contribution in [3.05, 3.63) is 52.6 Å². The van der Waals surface area contributed by atoms with Crippen LogP contribution in [0.3, 0.4) is 0 Å². The van der Waals surface area contributed by atoms with Gasteiger partial charge in [-0.1, -0.05) is 37.5 Å². The van der Waals surface area contributed by atoms with Crippen molar-refractivity contribution in [3.8, 4) is 0 Å². The maximum Gasteiger partial charge on any atom is 0.275 e. The molecule has 1 aliphatic rings. The zero-order valence-electron chi connectivity index (χ0n) is 15.4. The number of hydrogen-bond donors (Lipinski definition) is 1. The lowest BCUT2D eigenvalue weighted by Crippen LogP contribution is -2.31. The van der Waals surface area contributed by atoms with Gasteiger partial charge in [0.05, 0.1) is 23.3 Å². The monoisotopic (exact) mass is 365 g/mol. The van der Waals surface area contributed by atoms with Crippen molar-refractivity contribution in [3.63, 3.8) is 0 Å². The summed E-state index contributed by atoms with van der Waals surface area (Å²) in [7, 11) is 0. The summed E-state index contributed by atoms with van der Waals surface area (Å²) in [6.45, 7) is 1.72. The number of nitrogens with zero attached hydrogens (tertiary/aromatic N) is 4. The van der Waals surface area contributed by atoms with E-state index in [0.717, 1.165) is 23.9 Å². The third-order valence-corrected chi connectivity index (χ3v) is 5.20. The van der Waals surface area contributed by atoms with Crippen molar-refractivity contribution in [2.45, 2.75) is 51.6 Å². The minimum atomic E-state index is -0.281. The first-order valence-electron chi connectivity index (χ1n) is 9.43. The molecule has 0 saturated heterocycles. The Morgan fingerprint density at radius 1 is 1.15 bits per heavy atom. The minimum absolute atomic E-state index is 0.125. The zero-order valence-corrected chi connectivity index (χ0v) is 15.4. The van der Waals surface area contributed by atoms with Crippen LogP contribution in [0.15, 0.2) is 41.3 Å². The molecule has 140 valence electrons. The number of fused-ring (bicyclic) bond motifs is 1. The molecular weight excluding hydrogens is 342 g/mol. The van der Waals surface area contributed by atoms with Crippen LogP contribution in [0.2, 0.25) is 0 Å². The molecule has 0 radical (unpaired) electrons. The van der Waals surface area contributed by atoms with Crippen LogP contribution >= 0.6 is 0 Å². The van der Waals surface area contributed by atoms with Crippen LogP contribution in [0, 0.1) is 6.92 Å². The van der Waals surface area contributed by atoms with Crippen LogP contribution in [0.4, 0.5) is 5.82 Å². The molecule has 1 aromatic carbocycles. The molecule has 1 aliphatic carbocycles. The average Bonchev–Trinajstić information content (AvgIpc) is 3.14. The van der Waals surface area contributed by atoms with Crippen molar-refractivity contribution in [2.75, 3.05) is 5.32 Å². The van der Waals surface area contributed by atoms with Crippen LogP contribution in [-0.4, -0.2) is 25.5 Å². The van der Waals surface area contributed by atoms with E-state index in [0.29, 0.717) is 17.2 Å². The molecule has 1 amide bonds. The van der Waals surface area contributed by atoms with E-state index in [9.17, 15) is 9.59 Å². The first-order chi connectivity index (χ1) is 13.1. The number of hydrogen-bond acceptors (Lipinski definition) is 4. The van der Waals surface area contributed by atoms with Crippen molar-refractivity contribution in [2.24, 2.45) is 0 Å². The Hall–Kier alpha value is -2.96. The van der Waals surface area contributed by atoms with E-state index in [-0.39, 0.29) is 18.0 Å². The van der Waals surface area contributed by atoms with Gasteiger partial charge in [-0.25, -0.2) is 9.36 Å². The normalized spacial score (nSPS) is 15.1. The molecule has 3 aromatic rings. The number of carbonyl (C=O) groups excluding carboxylic acids is 1. The SMILES string of the molecule is Cc1nn(CC(=O)Nc2ccnn2C2CCCCC2)c(=O)c2ccccc12. The number of rotatable bonds is 4.